The Kier molecular flexibility index (Phi) is 9.27. The largest absolute Gasteiger partial charge is 0.348 e. The van der Waals surface area contributed by atoms with Gasteiger partial charge in [-0.05, 0) is 43.0 Å². The minimum atomic E-state index is -0.445. The van der Waals surface area contributed by atoms with Gasteiger partial charge in [0.1, 0.15) is 0 Å². The first-order valence-electron chi connectivity index (χ1n) is 5.85. The lowest BCUT2D eigenvalue weighted by Crippen LogP contribution is -2.41. The Hall–Kier alpha value is -0.420. The van der Waals surface area contributed by atoms with E-state index < -0.39 is 6.04 Å². The second-order valence-electron chi connectivity index (χ2n) is 4.17. The number of benzene rings is 1. The average molecular weight is 323 g/mol. The molecule has 0 saturated heterocycles. The fourth-order valence-corrected chi connectivity index (χ4v) is 2.24. The second kappa shape index (κ2) is 9.48. The van der Waals surface area contributed by atoms with Gasteiger partial charge < -0.3 is 11.1 Å². The van der Waals surface area contributed by atoms with Gasteiger partial charge in [-0.1, -0.05) is 23.7 Å². The topological polar surface area (TPSA) is 55.1 Å². The van der Waals surface area contributed by atoms with Gasteiger partial charge in [0.25, 0.3) is 0 Å². The van der Waals surface area contributed by atoms with Crippen LogP contribution in [0.2, 0.25) is 5.02 Å². The van der Waals surface area contributed by atoms with Crippen LogP contribution in [-0.2, 0) is 4.79 Å². The Bertz CT molecular complexity index is 404. The van der Waals surface area contributed by atoms with Crippen LogP contribution in [0.25, 0.3) is 0 Å². The lowest BCUT2D eigenvalue weighted by atomic mass is 10.1. The Labute approximate surface area is 130 Å². The minimum Gasteiger partial charge on any atom is -0.348 e. The van der Waals surface area contributed by atoms with Crippen LogP contribution in [0.4, 0.5) is 0 Å². The van der Waals surface area contributed by atoms with Crippen molar-refractivity contribution in [2.75, 3.05) is 12.0 Å². The molecular formula is C13H20Cl2N2OS. The number of hydrogen-bond donors (Lipinski definition) is 2. The van der Waals surface area contributed by atoms with Gasteiger partial charge in [0.2, 0.25) is 5.91 Å². The van der Waals surface area contributed by atoms with Crippen molar-refractivity contribution in [3.05, 3.63) is 34.9 Å². The number of nitrogens with two attached hydrogens (primary N) is 1. The van der Waals surface area contributed by atoms with E-state index in [9.17, 15) is 4.79 Å². The SMILES string of the molecule is CSCC[C@H](N)C(=O)NC(C)c1cccc(Cl)c1.Cl. The van der Waals surface area contributed by atoms with Crippen molar-refractivity contribution in [1.29, 1.82) is 0 Å². The van der Waals surface area contributed by atoms with Gasteiger partial charge in [0.15, 0.2) is 0 Å². The molecular weight excluding hydrogens is 303 g/mol. The fraction of sp³-hybridized carbons (Fsp3) is 0.462. The summed E-state index contributed by atoms with van der Waals surface area (Å²) in [6.45, 7) is 1.92. The maximum Gasteiger partial charge on any atom is 0.237 e. The summed E-state index contributed by atoms with van der Waals surface area (Å²) in [6, 6.07) is 6.93. The van der Waals surface area contributed by atoms with Crippen molar-refractivity contribution in [3.63, 3.8) is 0 Å². The highest BCUT2D eigenvalue weighted by Crippen LogP contribution is 2.17. The van der Waals surface area contributed by atoms with Crippen molar-refractivity contribution < 1.29 is 4.79 Å². The molecule has 108 valence electrons. The molecule has 0 aliphatic heterocycles. The van der Waals surface area contributed by atoms with Gasteiger partial charge >= 0.3 is 0 Å². The molecule has 1 rings (SSSR count). The Morgan fingerprint density at radius 3 is 2.79 bits per heavy atom. The third-order valence-corrected chi connectivity index (χ3v) is 3.56. The quantitative estimate of drug-likeness (QED) is 0.846. The van der Waals surface area contributed by atoms with Crippen LogP contribution in [0, 0.1) is 0 Å². The molecule has 1 unspecified atom stereocenters. The minimum absolute atomic E-state index is 0. The van der Waals surface area contributed by atoms with Crippen molar-refractivity contribution in [1.82, 2.24) is 5.32 Å². The molecule has 0 spiro atoms. The summed E-state index contributed by atoms with van der Waals surface area (Å²) >= 11 is 7.60. The van der Waals surface area contributed by atoms with Crippen LogP contribution in [-0.4, -0.2) is 24.0 Å². The van der Waals surface area contributed by atoms with Crippen LogP contribution in [0.5, 0.6) is 0 Å². The maximum atomic E-state index is 11.8. The van der Waals surface area contributed by atoms with E-state index in [4.69, 9.17) is 17.3 Å². The van der Waals surface area contributed by atoms with Crippen LogP contribution < -0.4 is 11.1 Å². The number of thioether (sulfide) groups is 1. The van der Waals surface area contributed by atoms with E-state index in [1.807, 2.05) is 37.4 Å². The number of rotatable bonds is 6. The number of amides is 1. The monoisotopic (exact) mass is 322 g/mol. The van der Waals surface area contributed by atoms with Crippen molar-refractivity contribution in [2.45, 2.75) is 25.4 Å². The van der Waals surface area contributed by atoms with E-state index >= 15 is 0 Å². The molecule has 2 atom stereocenters. The zero-order valence-corrected chi connectivity index (χ0v) is 13.4. The average Bonchev–Trinajstić information content (AvgIpc) is 2.35. The molecule has 0 aliphatic carbocycles. The molecule has 0 saturated carbocycles. The fourth-order valence-electron chi connectivity index (χ4n) is 1.56. The Morgan fingerprint density at radius 1 is 1.53 bits per heavy atom. The summed E-state index contributed by atoms with van der Waals surface area (Å²) in [5, 5.41) is 3.57. The first-order valence-corrected chi connectivity index (χ1v) is 7.62. The molecule has 1 aromatic carbocycles. The van der Waals surface area contributed by atoms with Gasteiger partial charge in [-0.2, -0.15) is 11.8 Å². The van der Waals surface area contributed by atoms with Crippen molar-refractivity contribution >= 4 is 41.7 Å². The molecule has 3 nitrogen and oxygen atoms in total. The second-order valence-corrected chi connectivity index (χ2v) is 5.60. The first-order chi connectivity index (χ1) is 8.54. The number of nitrogens with one attached hydrogen (secondary N) is 1. The lowest BCUT2D eigenvalue weighted by molar-refractivity contribution is -0.123. The first kappa shape index (κ1) is 18.6. The molecule has 19 heavy (non-hydrogen) atoms. The highest BCUT2D eigenvalue weighted by Gasteiger charge is 2.16. The molecule has 0 aromatic heterocycles. The zero-order valence-electron chi connectivity index (χ0n) is 11.1. The molecule has 0 fully saturated rings. The Morgan fingerprint density at radius 2 is 2.21 bits per heavy atom. The number of hydrogen-bond acceptors (Lipinski definition) is 3. The number of halogens is 2. The lowest BCUT2D eigenvalue weighted by Gasteiger charge is -2.17. The maximum absolute atomic E-state index is 11.8. The van der Waals surface area contributed by atoms with Crippen LogP contribution in [0.15, 0.2) is 24.3 Å². The molecule has 0 radical (unpaired) electrons. The predicted octanol–water partition coefficient (Wildman–Crippen LogP) is 3.02. The van der Waals surface area contributed by atoms with E-state index in [2.05, 4.69) is 5.32 Å². The summed E-state index contributed by atoms with van der Waals surface area (Å²) in [5.74, 6) is 0.775. The van der Waals surface area contributed by atoms with Crippen LogP contribution >= 0.6 is 35.8 Å². The van der Waals surface area contributed by atoms with E-state index in [-0.39, 0.29) is 24.4 Å². The number of carbonyl (C=O) groups excluding carboxylic acids is 1. The van der Waals surface area contributed by atoms with Gasteiger partial charge in [-0.3, -0.25) is 4.79 Å². The molecule has 0 aliphatic rings. The molecule has 1 aromatic rings. The smallest absolute Gasteiger partial charge is 0.237 e. The third kappa shape index (κ3) is 6.52. The standard InChI is InChI=1S/C13H19ClN2OS.ClH/c1-9(10-4-3-5-11(14)8-10)16-13(17)12(15)6-7-18-2;/h3-5,8-9,12H,6-7,15H2,1-2H3,(H,16,17);1H/t9?,12-;/m0./s1. The highest BCUT2D eigenvalue weighted by atomic mass is 35.5. The number of carbonyl (C=O) groups is 1. The summed E-state index contributed by atoms with van der Waals surface area (Å²) in [7, 11) is 0. The van der Waals surface area contributed by atoms with E-state index in [0.29, 0.717) is 11.4 Å². The van der Waals surface area contributed by atoms with E-state index in [0.717, 1.165) is 11.3 Å². The summed E-state index contributed by atoms with van der Waals surface area (Å²) in [5.41, 5.74) is 6.79. The summed E-state index contributed by atoms with van der Waals surface area (Å²) < 4.78 is 0. The van der Waals surface area contributed by atoms with Gasteiger partial charge in [-0.25, -0.2) is 0 Å². The van der Waals surface area contributed by atoms with Crippen LogP contribution in [0.3, 0.4) is 0 Å². The highest BCUT2D eigenvalue weighted by molar-refractivity contribution is 7.98. The van der Waals surface area contributed by atoms with E-state index in [1.165, 1.54) is 0 Å². The van der Waals surface area contributed by atoms with Gasteiger partial charge in [0, 0.05) is 5.02 Å². The van der Waals surface area contributed by atoms with E-state index in [1.54, 1.807) is 11.8 Å². The summed E-state index contributed by atoms with van der Waals surface area (Å²) in [4.78, 5) is 11.8. The Balaban J connectivity index is 0.00000324. The molecule has 1 amide bonds. The normalized spacial score (nSPS) is 13.3. The third-order valence-electron chi connectivity index (χ3n) is 2.68. The van der Waals surface area contributed by atoms with Crippen LogP contribution in [0.1, 0.15) is 24.9 Å². The molecule has 6 heteroatoms. The molecule has 0 bridgehead atoms. The molecule has 3 N–H and O–H groups in total. The van der Waals surface area contributed by atoms with Crippen molar-refractivity contribution in [2.24, 2.45) is 5.73 Å². The van der Waals surface area contributed by atoms with Crippen molar-refractivity contribution in [3.8, 4) is 0 Å². The van der Waals surface area contributed by atoms with Gasteiger partial charge in [0.05, 0.1) is 12.1 Å². The summed E-state index contributed by atoms with van der Waals surface area (Å²) in [6.07, 6.45) is 2.69. The molecule has 0 heterocycles. The zero-order chi connectivity index (χ0) is 13.5. The van der Waals surface area contributed by atoms with Gasteiger partial charge in [-0.15, -0.1) is 12.4 Å². The predicted molar refractivity (Wildman–Crippen MR) is 86.2 cm³/mol.